The number of hydrogen-bond acceptors (Lipinski definition) is 3. The van der Waals surface area contributed by atoms with Crippen LogP contribution in [0.25, 0.3) is 0 Å². The quantitative estimate of drug-likeness (QED) is 0.448. The maximum absolute atomic E-state index is 11.1. The van der Waals surface area contributed by atoms with Crippen LogP contribution in [0.4, 0.5) is 0 Å². The first-order chi connectivity index (χ1) is 10.8. The van der Waals surface area contributed by atoms with E-state index < -0.39 is 11.2 Å². The van der Waals surface area contributed by atoms with Gasteiger partial charge in [-0.15, -0.1) is 0 Å². The van der Waals surface area contributed by atoms with Gasteiger partial charge in [-0.3, -0.25) is 0 Å². The van der Waals surface area contributed by atoms with Crippen LogP contribution < -0.4 is 0 Å². The molecular weight excluding hydrogens is 300 g/mol. The Hall–Kier alpha value is -0.560. The Morgan fingerprint density at radius 1 is 1.17 bits per heavy atom. The Kier molecular flexibility index (Phi) is 5.19. The molecule has 138 valence electrons. The van der Waals surface area contributed by atoms with Gasteiger partial charge < -0.3 is 5.11 Å². The van der Waals surface area contributed by atoms with Crippen LogP contribution in [0, 0.1) is 35.0 Å². The second kappa shape index (κ2) is 6.31. The van der Waals surface area contributed by atoms with Crippen LogP contribution in [-0.4, -0.2) is 21.9 Å². The molecule has 24 heavy (non-hydrogen) atoms. The van der Waals surface area contributed by atoms with Gasteiger partial charge in [0.05, 0.1) is 5.60 Å². The third-order valence-electron chi connectivity index (χ3n) is 6.45. The van der Waals surface area contributed by atoms with Crippen molar-refractivity contribution in [1.82, 2.24) is 0 Å². The fraction of sp³-hybridized carbons (Fsp3) is 0.905. The van der Waals surface area contributed by atoms with Gasteiger partial charge in [0, 0.05) is 5.92 Å². The van der Waals surface area contributed by atoms with Crippen molar-refractivity contribution < 1.29 is 14.9 Å². The molecule has 0 unspecified atom stereocenters. The lowest BCUT2D eigenvalue weighted by Crippen LogP contribution is -2.44. The van der Waals surface area contributed by atoms with Crippen molar-refractivity contribution in [3.05, 3.63) is 0 Å². The third kappa shape index (κ3) is 3.82. The first kappa shape index (κ1) is 19.8. The number of fused-ring (bicyclic) bond motifs is 2. The van der Waals surface area contributed by atoms with Crippen molar-refractivity contribution >= 4 is 0 Å². The summed E-state index contributed by atoms with van der Waals surface area (Å²) in [6.45, 7) is 16.9. The maximum Gasteiger partial charge on any atom is 0.158 e. The van der Waals surface area contributed by atoms with Gasteiger partial charge in [-0.25, -0.2) is 9.78 Å². The molecule has 0 heterocycles. The Morgan fingerprint density at radius 2 is 1.79 bits per heavy atom. The average molecular weight is 337 g/mol. The summed E-state index contributed by atoms with van der Waals surface area (Å²) in [5.41, 5.74) is -1.63. The van der Waals surface area contributed by atoms with Crippen LogP contribution in [0.2, 0.25) is 0 Å². The molecule has 0 radical (unpaired) electrons. The van der Waals surface area contributed by atoms with E-state index in [1.807, 2.05) is 27.7 Å². The van der Waals surface area contributed by atoms with Gasteiger partial charge in [0.15, 0.2) is 5.60 Å². The highest BCUT2D eigenvalue weighted by Crippen LogP contribution is 2.62. The van der Waals surface area contributed by atoms with E-state index >= 15 is 0 Å². The minimum absolute atomic E-state index is 0.262. The van der Waals surface area contributed by atoms with Crippen LogP contribution in [0.1, 0.15) is 81.1 Å². The minimum Gasteiger partial charge on any atom is -0.377 e. The molecule has 2 fully saturated rings. The third-order valence-corrected chi connectivity index (χ3v) is 6.45. The van der Waals surface area contributed by atoms with Crippen molar-refractivity contribution in [2.24, 2.45) is 23.2 Å². The minimum atomic E-state index is -0.876. The van der Waals surface area contributed by atoms with Crippen LogP contribution in [0.3, 0.4) is 0 Å². The number of rotatable bonds is 5. The molecule has 2 saturated carbocycles. The lowest BCUT2D eigenvalue weighted by molar-refractivity contribution is -0.389. The van der Waals surface area contributed by atoms with E-state index in [1.54, 1.807) is 0 Å². The molecule has 4 atom stereocenters. The largest absolute Gasteiger partial charge is 0.377 e. The summed E-state index contributed by atoms with van der Waals surface area (Å²) in [7, 11) is 0. The van der Waals surface area contributed by atoms with E-state index in [4.69, 9.17) is 9.78 Å². The molecule has 0 spiro atoms. The maximum atomic E-state index is 11.1. The average Bonchev–Trinajstić information content (AvgIpc) is 2.91. The van der Waals surface area contributed by atoms with Gasteiger partial charge in [0.1, 0.15) is 5.60 Å². The van der Waals surface area contributed by atoms with Gasteiger partial charge in [0.25, 0.3) is 0 Å². The smallest absolute Gasteiger partial charge is 0.158 e. The van der Waals surface area contributed by atoms with E-state index in [0.29, 0.717) is 17.3 Å². The summed E-state index contributed by atoms with van der Waals surface area (Å²) in [6, 6.07) is 0. The zero-order chi connectivity index (χ0) is 18.4. The van der Waals surface area contributed by atoms with Crippen molar-refractivity contribution in [2.45, 2.75) is 97.9 Å². The molecule has 2 aliphatic carbocycles. The van der Waals surface area contributed by atoms with Gasteiger partial charge in [-0.1, -0.05) is 46.0 Å². The zero-order valence-corrected chi connectivity index (χ0v) is 16.8. The summed E-state index contributed by atoms with van der Waals surface area (Å²) in [5, 5.41) is 11.1. The van der Waals surface area contributed by atoms with Crippen LogP contribution >= 0.6 is 0 Å². The van der Waals surface area contributed by atoms with Gasteiger partial charge in [-0.05, 0) is 64.2 Å². The topological polar surface area (TPSA) is 38.7 Å². The Bertz CT molecular complexity index is 519. The molecule has 0 aromatic heterocycles. The van der Waals surface area contributed by atoms with Gasteiger partial charge >= 0.3 is 0 Å². The Balaban J connectivity index is 2.04. The molecule has 2 bridgehead atoms. The molecule has 1 N–H and O–H groups in total. The summed E-state index contributed by atoms with van der Waals surface area (Å²) in [6.07, 6.45) is 3.83. The van der Waals surface area contributed by atoms with E-state index in [2.05, 4.69) is 39.5 Å². The van der Waals surface area contributed by atoms with Crippen LogP contribution in [-0.2, 0) is 9.78 Å². The van der Waals surface area contributed by atoms with Crippen molar-refractivity contribution in [2.75, 3.05) is 0 Å². The molecule has 3 heteroatoms. The SMILES string of the molecule is CCCC(C)(C)OOC(C)(C)C#C[C@@]1(O)C[C@H]2C[C@@H]1[C@H](C)C2(C)C. The fourth-order valence-electron chi connectivity index (χ4n) is 4.47. The predicted molar refractivity (Wildman–Crippen MR) is 97.1 cm³/mol. The van der Waals surface area contributed by atoms with Crippen LogP contribution in [0.15, 0.2) is 0 Å². The molecule has 0 aliphatic heterocycles. The van der Waals surface area contributed by atoms with Crippen LogP contribution in [0.5, 0.6) is 0 Å². The molecule has 0 aromatic rings. The molecule has 0 aromatic carbocycles. The standard InChI is InChI=1S/C21H36O3/c1-9-10-18(3,4)23-24-19(5,6)11-12-21(22)14-16-13-17(21)15(2)20(16,7)8/h15-17,22H,9-10,13-14H2,1-8H3/t15-,16+,17+,21+/m0/s1. The lowest BCUT2D eigenvalue weighted by atomic mass is 9.64. The van der Waals surface area contributed by atoms with Crippen molar-refractivity contribution in [3.8, 4) is 11.8 Å². The van der Waals surface area contributed by atoms with E-state index in [9.17, 15) is 5.11 Å². The molecular formula is C21H36O3. The lowest BCUT2D eigenvalue weighted by Gasteiger charge is -2.42. The molecule has 2 rings (SSSR count). The molecule has 2 aliphatic rings. The number of hydrogen-bond donors (Lipinski definition) is 1. The summed E-state index contributed by atoms with van der Waals surface area (Å²) in [5.74, 6) is 7.61. The number of aliphatic hydroxyl groups is 1. The first-order valence-corrected chi connectivity index (χ1v) is 9.46. The normalized spacial score (nSPS) is 35.0. The first-order valence-electron chi connectivity index (χ1n) is 9.46. The predicted octanol–water partition coefficient (Wildman–Crippen LogP) is 4.73. The van der Waals surface area contributed by atoms with E-state index in [1.165, 1.54) is 0 Å². The molecule has 0 saturated heterocycles. The summed E-state index contributed by atoms with van der Waals surface area (Å²) < 4.78 is 0. The summed E-state index contributed by atoms with van der Waals surface area (Å²) in [4.78, 5) is 11.2. The van der Waals surface area contributed by atoms with Gasteiger partial charge in [-0.2, -0.15) is 0 Å². The zero-order valence-electron chi connectivity index (χ0n) is 16.8. The fourth-order valence-corrected chi connectivity index (χ4v) is 4.47. The second-order valence-electron chi connectivity index (χ2n) is 9.71. The van der Waals surface area contributed by atoms with E-state index in [0.717, 1.165) is 25.7 Å². The highest BCUT2D eigenvalue weighted by molar-refractivity contribution is 5.27. The van der Waals surface area contributed by atoms with Crippen molar-refractivity contribution in [3.63, 3.8) is 0 Å². The Labute approximate surface area is 148 Å². The summed E-state index contributed by atoms with van der Waals surface area (Å²) >= 11 is 0. The second-order valence-corrected chi connectivity index (χ2v) is 9.71. The van der Waals surface area contributed by atoms with Crippen molar-refractivity contribution in [1.29, 1.82) is 0 Å². The monoisotopic (exact) mass is 336 g/mol. The Morgan fingerprint density at radius 3 is 2.29 bits per heavy atom. The highest BCUT2D eigenvalue weighted by atomic mass is 17.2. The van der Waals surface area contributed by atoms with Gasteiger partial charge in [0.2, 0.25) is 0 Å². The molecule has 3 nitrogen and oxygen atoms in total. The highest BCUT2D eigenvalue weighted by Gasteiger charge is 2.61. The molecule has 0 amide bonds. The van der Waals surface area contributed by atoms with E-state index in [-0.39, 0.29) is 11.5 Å².